The summed E-state index contributed by atoms with van der Waals surface area (Å²) in [4.78, 5) is 0. The van der Waals surface area contributed by atoms with Crippen LogP contribution in [0.3, 0.4) is 0 Å². The fourth-order valence-corrected chi connectivity index (χ4v) is 0. The van der Waals surface area contributed by atoms with Crippen LogP contribution >= 0.6 is 0 Å². The maximum atomic E-state index is 3.65. The molecule has 2 heteroatoms. The minimum absolute atomic E-state index is 0. The fourth-order valence-electron chi connectivity index (χ4n) is 0. The molecule has 1 radical (unpaired) electrons. The van der Waals surface area contributed by atoms with E-state index in [-0.39, 0.29) is 68.6 Å². The molecule has 0 saturated carbocycles. The van der Waals surface area contributed by atoms with Crippen LogP contribution in [0.4, 0.5) is 0 Å². The monoisotopic (exact) mass is 403 g/mol. The van der Waals surface area contributed by atoms with Crippen LogP contribution < -0.4 is 0 Å². The van der Waals surface area contributed by atoms with Gasteiger partial charge in [0, 0.05) is 32.7 Å². The molecule has 69 valence electrons. The molecule has 0 rings (SSSR count). The third-order valence-corrected chi connectivity index (χ3v) is 0.500. The third-order valence-electron chi connectivity index (χ3n) is 0.500. The van der Waals surface area contributed by atoms with Crippen LogP contribution in [0.25, 0.3) is 0 Å². The van der Waals surface area contributed by atoms with Gasteiger partial charge in [0.25, 0.3) is 0 Å². The molecule has 0 aliphatic carbocycles. The Morgan fingerprint density at radius 2 is 1.18 bits per heavy atom. The first-order valence-electron chi connectivity index (χ1n) is 2.85. The van der Waals surface area contributed by atoms with Crippen LogP contribution in [-0.2, 0) is 53.8 Å². The normalized spacial score (nSPS) is 4.91. The first-order valence-corrected chi connectivity index (χ1v) is 2.85. The molecule has 0 nitrogen and oxygen atoms in total. The van der Waals surface area contributed by atoms with Gasteiger partial charge in [0.05, 0.1) is 0 Å². The molecule has 0 aromatic carbocycles. The van der Waals surface area contributed by atoms with Gasteiger partial charge < -0.3 is 34.1 Å². The van der Waals surface area contributed by atoms with Crippen LogP contribution in [0.2, 0.25) is 0 Å². The van der Waals surface area contributed by atoms with Crippen LogP contribution in [0, 0.1) is 27.7 Å². The van der Waals surface area contributed by atoms with Gasteiger partial charge >= 0.3 is 21.1 Å². The molecule has 0 aliphatic rings. The Labute approximate surface area is 114 Å². The number of hydrogen-bond donors (Lipinski definition) is 0. The van der Waals surface area contributed by atoms with Gasteiger partial charge in [0.15, 0.2) is 0 Å². The SMILES string of the molecule is CC.[CH2-]C[C-](C)C.[CH3-].[CH3-].[W+2].[Y]. The molecular weight excluding hydrogens is 381 g/mol. The largest absolute Gasteiger partial charge is 2.00 e. The fraction of sp³-hybridized carbons (Fsp3) is 0.556. The Morgan fingerprint density at radius 1 is 1.09 bits per heavy atom. The first kappa shape index (κ1) is 38.6. The Morgan fingerprint density at radius 3 is 1.18 bits per heavy atom. The molecule has 0 fully saturated rings. The topological polar surface area (TPSA) is 0 Å². The standard InChI is InChI=1S/C5H10.C2H6.2CH3.W.Y/c1-4-5(2)3;1-2;;;;/h1,4H2,2-3H3;1-2H3;2*1H3;;/q-2;;2*-1;+2;. The molecule has 0 spiro atoms. The zero-order valence-electron chi connectivity index (χ0n) is 8.90. The molecule has 0 aliphatic heterocycles. The third kappa shape index (κ3) is 78.6. The van der Waals surface area contributed by atoms with Crippen molar-refractivity contribution in [3.63, 3.8) is 0 Å². The van der Waals surface area contributed by atoms with E-state index in [9.17, 15) is 0 Å². The summed E-state index contributed by atoms with van der Waals surface area (Å²) in [5, 5.41) is 0. The molecule has 11 heavy (non-hydrogen) atoms. The van der Waals surface area contributed by atoms with E-state index in [4.69, 9.17) is 0 Å². The van der Waals surface area contributed by atoms with E-state index < -0.39 is 0 Å². The van der Waals surface area contributed by atoms with Crippen molar-refractivity contribution in [3.8, 4) is 0 Å². The summed E-state index contributed by atoms with van der Waals surface area (Å²) >= 11 is 0. The Hall–Kier alpha value is 1.79. The smallest absolute Gasteiger partial charge is 0.372 e. The molecular formula is C9H22WY-2. The molecule has 0 saturated heterocycles. The van der Waals surface area contributed by atoms with Gasteiger partial charge in [-0.1, -0.05) is 13.8 Å². The molecule has 0 N–H and O–H groups in total. The zero-order chi connectivity index (χ0) is 6.28. The summed E-state index contributed by atoms with van der Waals surface area (Å²) < 4.78 is 0. The molecule has 0 aromatic heterocycles. The second kappa shape index (κ2) is 40.9. The van der Waals surface area contributed by atoms with Gasteiger partial charge in [0.1, 0.15) is 0 Å². The van der Waals surface area contributed by atoms with Crippen molar-refractivity contribution in [1.82, 2.24) is 0 Å². The zero-order valence-corrected chi connectivity index (χ0v) is 14.7. The summed E-state index contributed by atoms with van der Waals surface area (Å²) in [5.41, 5.74) is 0. The van der Waals surface area contributed by atoms with E-state index in [2.05, 4.69) is 20.8 Å². The summed E-state index contributed by atoms with van der Waals surface area (Å²) in [5.74, 6) is 1.39. The van der Waals surface area contributed by atoms with E-state index in [1.165, 1.54) is 5.92 Å². The number of hydrogen-bond acceptors (Lipinski definition) is 0. The second-order valence-electron chi connectivity index (χ2n) is 1.46. The maximum absolute atomic E-state index is 3.65. The van der Waals surface area contributed by atoms with Crippen molar-refractivity contribution >= 4 is 0 Å². The van der Waals surface area contributed by atoms with Crippen molar-refractivity contribution in [3.05, 3.63) is 27.7 Å². The van der Waals surface area contributed by atoms with Gasteiger partial charge in [0.2, 0.25) is 0 Å². The molecule has 0 bridgehead atoms. The van der Waals surface area contributed by atoms with Gasteiger partial charge in [-0.25, -0.2) is 0 Å². The van der Waals surface area contributed by atoms with E-state index in [1.807, 2.05) is 13.8 Å². The maximum Gasteiger partial charge on any atom is 2.00 e. The van der Waals surface area contributed by atoms with E-state index in [0.29, 0.717) is 0 Å². The molecule has 0 amide bonds. The predicted octanol–water partition coefficient (Wildman–Crippen LogP) is 3.75. The van der Waals surface area contributed by atoms with Crippen molar-refractivity contribution in [2.75, 3.05) is 0 Å². The van der Waals surface area contributed by atoms with Gasteiger partial charge in [-0.3, -0.25) is 0 Å². The van der Waals surface area contributed by atoms with E-state index in [0.717, 1.165) is 6.42 Å². The van der Waals surface area contributed by atoms with Crippen LogP contribution in [0.1, 0.15) is 34.1 Å². The second-order valence-corrected chi connectivity index (χ2v) is 1.46. The summed E-state index contributed by atoms with van der Waals surface area (Å²) in [6.07, 6.45) is 0.972. The molecule has 0 unspecified atom stereocenters. The van der Waals surface area contributed by atoms with E-state index in [1.54, 1.807) is 0 Å². The molecule has 0 aromatic rings. The number of rotatable bonds is 1. The van der Waals surface area contributed by atoms with Gasteiger partial charge in [-0.05, 0) is 0 Å². The Balaban J connectivity index is -0.00000000972. The minimum Gasteiger partial charge on any atom is -0.372 e. The van der Waals surface area contributed by atoms with Gasteiger partial charge in [-0.2, -0.15) is 13.8 Å². The van der Waals surface area contributed by atoms with Gasteiger partial charge in [-0.15, -0.1) is 0 Å². The Kier molecular flexibility index (Phi) is 143. The first-order chi connectivity index (χ1) is 3.27. The van der Waals surface area contributed by atoms with E-state index >= 15 is 0 Å². The van der Waals surface area contributed by atoms with Crippen molar-refractivity contribution in [2.45, 2.75) is 34.1 Å². The van der Waals surface area contributed by atoms with Crippen LogP contribution in [-0.4, -0.2) is 0 Å². The van der Waals surface area contributed by atoms with Crippen molar-refractivity contribution in [2.24, 2.45) is 0 Å². The molecule has 0 atom stereocenters. The Bertz CT molecular complexity index is 23.5. The molecule has 0 heterocycles. The quantitative estimate of drug-likeness (QED) is 0.586. The van der Waals surface area contributed by atoms with Crippen LogP contribution in [0.15, 0.2) is 0 Å². The summed E-state index contributed by atoms with van der Waals surface area (Å²) in [7, 11) is 0. The summed E-state index contributed by atoms with van der Waals surface area (Å²) in [6, 6.07) is 0. The average Bonchev–Trinajstić information content (AvgIpc) is 1.73. The van der Waals surface area contributed by atoms with Crippen molar-refractivity contribution < 1.29 is 53.8 Å². The predicted molar refractivity (Wildman–Crippen MR) is 48.7 cm³/mol. The van der Waals surface area contributed by atoms with Crippen LogP contribution in [0.5, 0.6) is 0 Å². The van der Waals surface area contributed by atoms with Crippen molar-refractivity contribution in [1.29, 1.82) is 0 Å². The summed E-state index contributed by atoms with van der Waals surface area (Å²) in [6.45, 7) is 11.8. The minimum atomic E-state index is 0. The average molecular weight is 403 g/mol.